The number of fused-ring (bicyclic) bond motifs is 2. The van der Waals surface area contributed by atoms with Crippen LogP contribution in [0.25, 0.3) is 28.3 Å². The van der Waals surface area contributed by atoms with Gasteiger partial charge in [0, 0.05) is 37.9 Å². The summed E-state index contributed by atoms with van der Waals surface area (Å²) in [5.41, 5.74) is 3.78. The zero-order valence-electron chi connectivity index (χ0n) is 21.0. The lowest BCUT2D eigenvalue weighted by molar-refractivity contribution is -0.138. The maximum Gasteiger partial charge on any atom is 0.390 e. The van der Waals surface area contributed by atoms with Gasteiger partial charge in [0.15, 0.2) is 5.65 Å². The molecule has 1 N–H and O–H groups in total. The summed E-state index contributed by atoms with van der Waals surface area (Å²) in [5.74, 6) is 0.198. The molecule has 4 aromatic heterocycles. The molecule has 0 amide bonds. The molecule has 8 nitrogen and oxygen atoms in total. The van der Waals surface area contributed by atoms with E-state index in [4.69, 9.17) is 10.1 Å². The number of nitrogens with one attached hydrogen (secondary N) is 1. The number of pyridine rings is 1. The Balaban J connectivity index is 1.33. The minimum absolute atomic E-state index is 0.112. The van der Waals surface area contributed by atoms with Gasteiger partial charge >= 0.3 is 6.18 Å². The molecule has 0 saturated heterocycles. The summed E-state index contributed by atoms with van der Waals surface area (Å²) in [7, 11) is 0. The summed E-state index contributed by atoms with van der Waals surface area (Å²) in [6, 6.07) is 12.6. The predicted molar refractivity (Wildman–Crippen MR) is 137 cm³/mol. The van der Waals surface area contributed by atoms with E-state index in [9.17, 15) is 22.0 Å². The second-order valence-corrected chi connectivity index (χ2v) is 9.51. The van der Waals surface area contributed by atoms with E-state index in [2.05, 4.69) is 15.3 Å². The number of alkyl halides is 3. The smallest absolute Gasteiger partial charge is 0.365 e. The van der Waals surface area contributed by atoms with Crippen molar-refractivity contribution in [3.05, 3.63) is 84.1 Å². The van der Waals surface area contributed by atoms with Crippen molar-refractivity contribution in [2.75, 3.05) is 18.4 Å². The fourth-order valence-electron chi connectivity index (χ4n) is 4.76. The van der Waals surface area contributed by atoms with Crippen LogP contribution in [0.1, 0.15) is 17.8 Å². The molecular weight excluding hydrogens is 531 g/mol. The Morgan fingerprint density at radius 3 is 2.55 bits per heavy atom. The summed E-state index contributed by atoms with van der Waals surface area (Å²) in [5, 5.41) is 7.90. The molecule has 0 radical (unpaired) electrons. The first-order valence-electron chi connectivity index (χ1n) is 12.6. The van der Waals surface area contributed by atoms with Crippen LogP contribution >= 0.6 is 0 Å². The Hall–Kier alpha value is -4.39. The average Bonchev–Trinajstić information content (AvgIpc) is 3.51. The third-order valence-corrected chi connectivity index (χ3v) is 6.71. The molecule has 13 heteroatoms. The lowest BCUT2D eigenvalue weighted by atomic mass is 10.1. The van der Waals surface area contributed by atoms with E-state index in [1.807, 2.05) is 4.57 Å². The van der Waals surface area contributed by atoms with Crippen LogP contribution in [0, 0.1) is 11.8 Å². The molecule has 0 bridgehead atoms. The van der Waals surface area contributed by atoms with Crippen LogP contribution in [0.5, 0.6) is 0 Å². The first kappa shape index (κ1) is 25.9. The predicted octanol–water partition coefficient (Wildman–Crippen LogP) is 5.31. The van der Waals surface area contributed by atoms with Gasteiger partial charge in [0.25, 0.3) is 0 Å². The molecule has 1 aromatic carbocycles. The highest BCUT2D eigenvalue weighted by Crippen LogP contribution is 2.34. The second-order valence-electron chi connectivity index (χ2n) is 9.51. The van der Waals surface area contributed by atoms with Gasteiger partial charge in [0.05, 0.1) is 30.6 Å². The minimum Gasteiger partial charge on any atom is -0.365 e. The summed E-state index contributed by atoms with van der Waals surface area (Å²) >= 11 is 0. The van der Waals surface area contributed by atoms with E-state index in [-0.39, 0.29) is 18.9 Å². The Bertz CT molecular complexity index is 1660. The molecule has 0 unspecified atom stereocenters. The zero-order valence-corrected chi connectivity index (χ0v) is 21.0. The number of hydrogen-bond donors (Lipinski definition) is 1. The van der Waals surface area contributed by atoms with Crippen molar-refractivity contribution in [2.45, 2.75) is 32.2 Å². The number of anilines is 1. The van der Waals surface area contributed by atoms with Gasteiger partial charge in [-0.05, 0) is 54.1 Å². The van der Waals surface area contributed by atoms with Crippen molar-refractivity contribution >= 4 is 11.5 Å². The molecule has 1 aliphatic heterocycles. The lowest BCUT2D eigenvalue weighted by Gasteiger charge is -2.28. The van der Waals surface area contributed by atoms with Crippen LogP contribution < -0.4 is 5.32 Å². The standard InChI is InChI=1S/C27H23F5N8/c28-19-3-1-18(2-4-19)25-26(39-12-11-38(16-24(39)36-25)10-8-27(30,31)32)20-5-6-23-35-22(15-40(23)37-20)34-14-17-7-9-33-21(29)13-17/h1-7,9,13,15,34H,8,10-12,14,16H2. The van der Waals surface area contributed by atoms with E-state index in [1.165, 1.54) is 24.4 Å². The normalized spacial score (nSPS) is 14.0. The van der Waals surface area contributed by atoms with Crippen LogP contribution in [0.3, 0.4) is 0 Å². The van der Waals surface area contributed by atoms with Crippen molar-refractivity contribution in [1.29, 1.82) is 0 Å². The van der Waals surface area contributed by atoms with Gasteiger partial charge < -0.3 is 9.88 Å². The third kappa shape index (κ3) is 5.50. The van der Waals surface area contributed by atoms with Gasteiger partial charge in [-0.25, -0.2) is 23.9 Å². The van der Waals surface area contributed by atoms with E-state index < -0.39 is 18.5 Å². The number of imidazole rings is 2. The fourth-order valence-corrected chi connectivity index (χ4v) is 4.76. The topological polar surface area (TPSA) is 76.2 Å². The fraction of sp³-hybridized carbons (Fsp3) is 0.259. The molecule has 5 aromatic rings. The highest BCUT2D eigenvalue weighted by Gasteiger charge is 2.31. The van der Waals surface area contributed by atoms with Crippen molar-refractivity contribution < 1.29 is 22.0 Å². The Labute approximate surface area is 225 Å². The van der Waals surface area contributed by atoms with Crippen molar-refractivity contribution in [1.82, 2.24) is 34.0 Å². The van der Waals surface area contributed by atoms with Crippen LogP contribution in [0.4, 0.5) is 27.8 Å². The molecule has 0 aliphatic carbocycles. The van der Waals surface area contributed by atoms with Crippen molar-refractivity contribution in [3.8, 4) is 22.6 Å². The zero-order chi connectivity index (χ0) is 27.9. The second kappa shape index (κ2) is 10.3. The van der Waals surface area contributed by atoms with Gasteiger partial charge in [-0.3, -0.25) is 4.90 Å². The number of rotatable bonds is 7. The monoisotopic (exact) mass is 554 g/mol. The first-order valence-corrected chi connectivity index (χ1v) is 12.6. The largest absolute Gasteiger partial charge is 0.390 e. The Morgan fingerprint density at radius 2 is 1.77 bits per heavy atom. The minimum atomic E-state index is -4.23. The van der Waals surface area contributed by atoms with E-state index in [0.29, 0.717) is 65.1 Å². The molecule has 6 rings (SSSR count). The first-order chi connectivity index (χ1) is 19.2. The SMILES string of the molecule is Fc1ccc(-c2nc3n(c2-c2ccc4nc(NCc5ccnc(F)c5)cn4n2)CCN(CCC(F)(F)F)C3)cc1. The van der Waals surface area contributed by atoms with Gasteiger partial charge in [-0.1, -0.05) is 0 Å². The third-order valence-electron chi connectivity index (χ3n) is 6.71. The highest BCUT2D eigenvalue weighted by molar-refractivity contribution is 5.77. The molecular formula is C27H23F5N8. The lowest BCUT2D eigenvalue weighted by Crippen LogP contribution is -2.36. The Morgan fingerprint density at radius 1 is 0.950 bits per heavy atom. The van der Waals surface area contributed by atoms with Crippen molar-refractivity contribution in [3.63, 3.8) is 0 Å². The molecule has 5 heterocycles. The van der Waals surface area contributed by atoms with Crippen molar-refractivity contribution in [2.24, 2.45) is 0 Å². The maximum atomic E-state index is 13.7. The molecule has 0 saturated carbocycles. The number of halogens is 5. The number of nitrogens with zero attached hydrogens (tertiary/aromatic N) is 7. The summed E-state index contributed by atoms with van der Waals surface area (Å²) in [6.45, 7) is 1.33. The molecule has 0 spiro atoms. The molecule has 0 atom stereocenters. The highest BCUT2D eigenvalue weighted by atomic mass is 19.4. The summed E-state index contributed by atoms with van der Waals surface area (Å²) in [4.78, 5) is 14.6. The maximum absolute atomic E-state index is 13.7. The van der Waals surface area contributed by atoms with E-state index in [0.717, 1.165) is 0 Å². The number of benzene rings is 1. The van der Waals surface area contributed by atoms with E-state index >= 15 is 0 Å². The van der Waals surface area contributed by atoms with Gasteiger partial charge in [0.2, 0.25) is 5.95 Å². The molecule has 40 heavy (non-hydrogen) atoms. The van der Waals surface area contributed by atoms with Gasteiger partial charge in [-0.15, -0.1) is 0 Å². The van der Waals surface area contributed by atoms with Gasteiger partial charge in [0.1, 0.15) is 23.2 Å². The van der Waals surface area contributed by atoms with Crippen LogP contribution in [-0.2, 0) is 19.6 Å². The summed E-state index contributed by atoms with van der Waals surface area (Å²) < 4.78 is 69.1. The van der Waals surface area contributed by atoms with Crippen LogP contribution in [-0.4, -0.2) is 53.3 Å². The number of aromatic nitrogens is 6. The number of hydrogen-bond acceptors (Lipinski definition) is 6. The summed E-state index contributed by atoms with van der Waals surface area (Å²) in [6.07, 6.45) is -2.02. The van der Waals surface area contributed by atoms with Gasteiger partial charge in [-0.2, -0.15) is 22.7 Å². The Kier molecular flexibility index (Phi) is 6.66. The average molecular weight is 555 g/mol. The quantitative estimate of drug-likeness (QED) is 0.217. The van der Waals surface area contributed by atoms with Crippen LogP contribution in [0.15, 0.2) is 60.9 Å². The van der Waals surface area contributed by atoms with E-state index in [1.54, 1.807) is 45.9 Å². The van der Waals surface area contributed by atoms with Crippen LogP contribution in [0.2, 0.25) is 0 Å². The molecule has 206 valence electrons. The molecule has 0 fully saturated rings. The molecule has 1 aliphatic rings.